The van der Waals surface area contributed by atoms with Crippen LogP contribution in [-0.4, -0.2) is 25.4 Å². The van der Waals surface area contributed by atoms with Gasteiger partial charge >= 0.3 is 0 Å². The van der Waals surface area contributed by atoms with Crippen molar-refractivity contribution in [1.29, 1.82) is 0 Å². The van der Waals surface area contributed by atoms with Crippen LogP contribution in [0, 0.1) is 0 Å². The topological polar surface area (TPSA) is 87.3 Å². The number of rotatable bonds is 2. The molecule has 4 aromatic rings. The molecule has 0 fully saturated rings. The van der Waals surface area contributed by atoms with Crippen molar-refractivity contribution < 1.29 is 0 Å². The Morgan fingerprint density at radius 1 is 0.773 bits per heavy atom. The average Bonchev–Trinajstić information content (AvgIpc) is 3.04. The monoisotopic (exact) mass is 289 g/mol. The van der Waals surface area contributed by atoms with Crippen molar-refractivity contribution in [2.24, 2.45) is 0 Å². The van der Waals surface area contributed by atoms with Crippen LogP contribution in [0.5, 0.6) is 0 Å². The van der Waals surface area contributed by atoms with Crippen molar-refractivity contribution in [3.8, 4) is 22.6 Å². The number of nitrogens with one attached hydrogen (secondary N) is 2. The third-order valence-corrected chi connectivity index (χ3v) is 3.42. The number of fused-ring (bicyclic) bond motifs is 1. The summed E-state index contributed by atoms with van der Waals surface area (Å²) in [5.41, 5.74) is 3.30. The molecule has 6 nitrogen and oxygen atoms in total. The van der Waals surface area contributed by atoms with Crippen LogP contribution in [-0.2, 0) is 0 Å². The zero-order valence-corrected chi connectivity index (χ0v) is 11.4. The predicted molar refractivity (Wildman–Crippen MR) is 83.2 cm³/mol. The molecule has 0 atom stereocenters. The molecule has 0 aliphatic heterocycles. The second-order valence-electron chi connectivity index (χ2n) is 4.82. The van der Waals surface area contributed by atoms with Gasteiger partial charge in [-0.1, -0.05) is 42.5 Å². The highest BCUT2D eigenvalue weighted by atomic mass is 16.1. The van der Waals surface area contributed by atoms with Gasteiger partial charge in [0.2, 0.25) is 0 Å². The Bertz CT molecular complexity index is 1000. The molecule has 22 heavy (non-hydrogen) atoms. The molecule has 2 N–H and O–H groups in total. The first-order chi connectivity index (χ1) is 10.8. The lowest BCUT2D eigenvalue weighted by Crippen LogP contribution is -2.12. The van der Waals surface area contributed by atoms with Gasteiger partial charge in [0.15, 0.2) is 5.69 Å². The van der Waals surface area contributed by atoms with Gasteiger partial charge in [0.05, 0.1) is 11.0 Å². The SMILES string of the molecule is O=c1[nH]c2ccccc2nc1-c1n[nH]nc1-c1ccccc1. The first kappa shape index (κ1) is 12.5. The van der Waals surface area contributed by atoms with Crippen LogP contribution >= 0.6 is 0 Å². The second kappa shape index (κ2) is 4.92. The van der Waals surface area contributed by atoms with Gasteiger partial charge in [-0.15, -0.1) is 0 Å². The first-order valence-corrected chi connectivity index (χ1v) is 6.78. The van der Waals surface area contributed by atoms with E-state index in [1.54, 1.807) is 0 Å². The zero-order valence-electron chi connectivity index (χ0n) is 11.4. The highest BCUT2D eigenvalue weighted by Crippen LogP contribution is 2.25. The van der Waals surface area contributed by atoms with E-state index in [1.165, 1.54) is 0 Å². The highest BCUT2D eigenvalue weighted by molar-refractivity contribution is 5.80. The molecular weight excluding hydrogens is 278 g/mol. The van der Waals surface area contributed by atoms with E-state index >= 15 is 0 Å². The maximum absolute atomic E-state index is 12.3. The number of para-hydroxylation sites is 2. The van der Waals surface area contributed by atoms with Crippen LogP contribution in [0.25, 0.3) is 33.7 Å². The summed E-state index contributed by atoms with van der Waals surface area (Å²) in [5, 5.41) is 10.8. The number of H-pyrrole nitrogens is 2. The Hall–Kier alpha value is -3.28. The number of hydrogen-bond acceptors (Lipinski definition) is 4. The van der Waals surface area contributed by atoms with Crippen molar-refractivity contribution >= 4 is 11.0 Å². The van der Waals surface area contributed by atoms with E-state index in [0.717, 1.165) is 5.56 Å². The van der Waals surface area contributed by atoms with Crippen LogP contribution in [0.2, 0.25) is 0 Å². The molecule has 0 unspecified atom stereocenters. The molecule has 0 aliphatic rings. The molecule has 0 radical (unpaired) electrons. The molecule has 0 spiro atoms. The molecule has 0 aliphatic carbocycles. The van der Waals surface area contributed by atoms with Gasteiger partial charge in [0.1, 0.15) is 11.4 Å². The Kier molecular flexibility index (Phi) is 2.79. The maximum atomic E-state index is 12.3. The van der Waals surface area contributed by atoms with Crippen molar-refractivity contribution in [2.45, 2.75) is 0 Å². The molecule has 2 aromatic carbocycles. The minimum absolute atomic E-state index is 0.256. The maximum Gasteiger partial charge on any atom is 0.276 e. The van der Waals surface area contributed by atoms with E-state index in [9.17, 15) is 4.79 Å². The van der Waals surface area contributed by atoms with Crippen molar-refractivity contribution in [1.82, 2.24) is 25.4 Å². The van der Waals surface area contributed by atoms with Crippen molar-refractivity contribution in [3.05, 3.63) is 65.0 Å². The summed E-state index contributed by atoms with van der Waals surface area (Å²) in [6.07, 6.45) is 0. The van der Waals surface area contributed by atoms with Gasteiger partial charge in [-0.25, -0.2) is 4.98 Å². The third kappa shape index (κ3) is 1.98. The first-order valence-electron chi connectivity index (χ1n) is 6.78. The summed E-state index contributed by atoms with van der Waals surface area (Å²) >= 11 is 0. The van der Waals surface area contributed by atoms with E-state index in [4.69, 9.17) is 0 Å². The lowest BCUT2D eigenvalue weighted by Gasteiger charge is -2.02. The van der Waals surface area contributed by atoms with Crippen LogP contribution in [0.4, 0.5) is 0 Å². The van der Waals surface area contributed by atoms with Gasteiger partial charge < -0.3 is 4.98 Å². The largest absolute Gasteiger partial charge is 0.319 e. The molecule has 0 saturated heterocycles. The Balaban J connectivity index is 1.96. The van der Waals surface area contributed by atoms with E-state index in [1.807, 2.05) is 54.6 Å². The normalized spacial score (nSPS) is 10.9. The number of aromatic nitrogens is 5. The lowest BCUT2D eigenvalue weighted by atomic mass is 10.1. The van der Waals surface area contributed by atoms with Gasteiger partial charge in [-0.2, -0.15) is 15.4 Å². The Labute approximate surface area is 124 Å². The van der Waals surface area contributed by atoms with Crippen LogP contribution in [0.1, 0.15) is 0 Å². The molecule has 106 valence electrons. The molecule has 2 heterocycles. The van der Waals surface area contributed by atoms with E-state index in [0.29, 0.717) is 22.4 Å². The minimum atomic E-state index is -0.287. The predicted octanol–water partition coefficient (Wildman–Crippen LogP) is 2.38. The number of hydrogen-bond donors (Lipinski definition) is 2. The van der Waals surface area contributed by atoms with Gasteiger partial charge in [-0.05, 0) is 12.1 Å². The summed E-state index contributed by atoms with van der Waals surface area (Å²) in [6.45, 7) is 0. The quantitative estimate of drug-likeness (QED) is 0.593. The molecule has 0 saturated carbocycles. The number of aromatic amines is 2. The average molecular weight is 289 g/mol. The third-order valence-electron chi connectivity index (χ3n) is 3.42. The summed E-state index contributed by atoms with van der Waals surface area (Å²) in [6, 6.07) is 16.9. The summed E-state index contributed by atoms with van der Waals surface area (Å²) < 4.78 is 0. The van der Waals surface area contributed by atoms with E-state index in [-0.39, 0.29) is 11.3 Å². The molecule has 0 amide bonds. The fourth-order valence-electron chi connectivity index (χ4n) is 2.38. The Morgan fingerprint density at radius 2 is 1.50 bits per heavy atom. The number of benzene rings is 2. The minimum Gasteiger partial charge on any atom is -0.319 e. The van der Waals surface area contributed by atoms with E-state index < -0.39 is 0 Å². The smallest absolute Gasteiger partial charge is 0.276 e. The van der Waals surface area contributed by atoms with Crippen LogP contribution < -0.4 is 5.56 Å². The van der Waals surface area contributed by atoms with Crippen LogP contribution in [0.3, 0.4) is 0 Å². The fraction of sp³-hybridized carbons (Fsp3) is 0. The highest BCUT2D eigenvalue weighted by Gasteiger charge is 2.17. The summed E-state index contributed by atoms with van der Waals surface area (Å²) in [5.74, 6) is 0. The molecule has 2 aromatic heterocycles. The molecule has 6 heteroatoms. The van der Waals surface area contributed by atoms with Crippen LogP contribution in [0.15, 0.2) is 59.4 Å². The fourth-order valence-corrected chi connectivity index (χ4v) is 2.38. The zero-order chi connectivity index (χ0) is 14.9. The van der Waals surface area contributed by atoms with E-state index in [2.05, 4.69) is 25.4 Å². The standard InChI is InChI=1S/C16H11N5O/c22-16-15(17-11-8-4-5-9-12(11)18-16)14-13(19-21-20-14)10-6-2-1-3-7-10/h1-9H,(H,18,22)(H,19,20,21). The molecular formula is C16H11N5O. The van der Waals surface area contributed by atoms with Crippen molar-refractivity contribution in [3.63, 3.8) is 0 Å². The van der Waals surface area contributed by atoms with Gasteiger partial charge in [-0.3, -0.25) is 4.79 Å². The second-order valence-corrected chi connectivity index (χ2v) is 4.82. The number of nitrogens with zero attached hydrogens (tertiary/aromatic N) is 3. The summed E-state index contributed by atoms with van der Waals surface area (Å²) in [7, 11) is 0. The molecule has 4 rings (SSSR count). The Morgan fingerprint density at radius 3 is 2.36 bits per heavy atom. The van der Waals surface area contributed by atoms with Crippen molar-refractivity contribution in [2.75, 3.05) is 0 Å². The summed E-state index contributed by atoms with van der Waals surface area (Å²) in [4.78, 5) is 19.6. The molecule has 0 bridgehead atoms. The lowest BCUT2D eigenvalue weighted by molar-refractivity contribution is 0.942. The van der Waals surface area contributed by atoms with Gasteiger partial charge in [0.25, 0.3) is 5.56 Å². The van der Waals surface area contributed by atoms with Gasteiger partial charge in [0, 0.05) is 5.56 Å².